The third-order valence-corrected chi connectivity index (χ3v) is 2.58. The van der Waals surface area contributed by atoms with Gasteiger partial charge in [0.05, 0.1) is 6.20 Å². The van der Waals surface area contributed by atoms with E-state index in [0.717, 1.165) is 0 Å². The van der Waals surface area contributed by atoms with Crippen LogP contribution in [0, 0.1) is 0 Å². The molecule has 1 heterocycles. The maximum atomic E-state index is 11.2. The van der Waals surface area contributed by atoms with E-state index in [1.807, 2.05) is 13.8 Å². The first-order valence-corrected chi connectivity index (χ1v) is 5.34. The number of rotatable bonds is 4. The van der Waals surface area contributed by atoms with Crippen molar-refractivity contribution in [2.75, 3.05) is 7.05 Å². The second-order valence-electron chi connectivity index (χ2n) is 4.22. The van der Waals surface area contributed by atoms with Gasteiger partial charge >= 0.3 is 5.97 Å². The highest BCUT2D eigenvalue weighted by Gasteiger charge is 2.27. The molecule has 1 amide bonds. The van der Waals surface area contributed by atoms with E-state index in [9.17, 15) is 9.59 Å². The van der Waals surface area contributed by atoms with Crippen molar-refractivity contribution in [3.05, 3.63) is 18.0 Å². The number of aromatic nitrogens is 2. The Bertz CT molecular complexity index is 425. The Morgan fingerprint density at radius 2 is 2.06 bits per heavy atom. The first kappa shape index (κ1) is 13.2. The van der Waals surface area contributed by atoms with E-state index in [-0.39, 0.29) is 11.9 Å². The van der Waals surface area contributed by atoms with E-state index in [1.54, 1.807) is 10.9 Å². The Hall–Kier alpha value is -1.85. The molecule has 0 radical (unpaired) electrons. The van der Waals surface area contributed by atoms with E-state index >= 15 is 0 Å². The second-order valence-corrected chi connectivity index (χ2v) is 4.22. The van der Waals surface area contributed by atoms with Gasteiger partial charge in [0.2, 0.25) is 5.91 Å². The van der Waals surface area contributed by atoms with Crippen LogP contribution >= 0.6 is 0 Å². The Balaban J connectivity index is 3.06. The summed E-state index contributed by atoms with van der Waals surface area (Å²) in [4.78, 5) is 23.6. The minimum Gasteiger partial charge on any atom is -0.479 e. The summed E-state index contributed by atoms with van der Waals surface area (Å²) < 4.78 is 1.67. The highest BCUT2D eigenvalue weighted by molar-refractivity contribution is 5.83. The Morgan fingerprint density at radius 1 is 1.47 bits per heavy atom. The summed E-state index contributed by atoms with van der Waals surface area (Å²) in [5.41, 5.74) is 0.504. The maximum Gasteiger partial charge on any atom is 0.331 e. The zero-order valence-corrected chi connectivity index (χ0v) is 10.4. The lowest BCUT2D eigenvalue weighted by molar-refractivity contribution is -0.148. The zero-order valence-electron chi connectivity index (χ0n) is 10.4. The van der Waals surface area contributed by atoms with Crippen LogP contribution in [0.15, 0.2) is 12.4 Å². The fourth-order valence-electron chi connectivity index (χ4n) is 1.49. The number of carboxylic acids is 1. The number of hydrogen-bond acceptors (Lipinski definition) is 3. The van der Waals surface area contributed by atoms with E-state index in [2.05, 4.69) is 5.10 Å². The van der Waals surface area contributed by atoms with Crippen LogP contribution in [0.25, 0.3) is 0 Å². The van der Waals surface area contributed by atoms with Crippen LogP contribution in [0.5, 0.6) is 0 Å². The van der Waals surface area contributed by atoms with Crippen LogP contribution in [0.2, 0.25) is 0 Å². The number of amides is 1. The third-order valence-electron chi connectivity index (χ3n) is 2.58. The van der Waals surface area contributed by atoms with Crippen molar-refractivity contribution in [1.29, 1.82) is 0 Å². The first-order valence-electron chi connectivity index (χ1n) is 5.34. The Morgan fingerprint density at radius 3 is 2.41 bits per heavy atom. The summed E-state index contributed by atoms with van der Waals surface area (Å²) in [5.74, 6) is -1.36. The Labute approximate surface area is 99.8 Å². The molecule has 6 heteroatoms. The molecule has 0 saturated carbocycles. The number of carbonyl (C=O) groups excluding carboxylic acids is 1. The smallest absolute Gasteiger partial charge is 0.331 e. The number of hydrogen-bond donors (Lipinski definition) is 1. The summed E-state index contributed by atoms with van der Waals surface area (Å²) in [5, 5.41) is 13.2. The van der Waals surface area contributed by atoms with Crippen LogP contribution in [-0.2, 0) is 9.59 Å². The van der Waals surface area contributed by atoms with E-state index in [4.69, 9.17) is 5.11 Å². The van der Waals surface area contributed by atoms with Gasteiger partial charge in [-0.2, -0.15) is 5.10 Å². The van der Waals surface area contributed by atoms with E-state index < -0.39 is 12.0 Å². The second kappa shape index (κ2) is 4.99. The summed E-state index contributed by atoms with van der Waals surface area (Å²) in [6, 6.07) is -0.833. The molecule has 94 valence electrons. The van der Waals surface area contributed by atoms with Crippen LogP contribution in [0.1, 0.15) is 38.4 Å². The summed E-state index contributed by atoms with van der Waals surface area (Å²) >= 11 is 0. The average Bonchev–Trinajstić information content (AvgIpc) is 2.66. The molecule has 0 spiro atoms. The maximum absolute atomic E-state index is 11.2. The van der Waals surface area contributed by atoms with Gasteiger partial charge in [0.25, 0.3) is 0 Å². The van der Waals surface area contributed by atoms with Crippen molar-refractivity contribution in [3.63, 3.8) is 0 Å². The molecular weight excluding hydrogens is 222 g/mol. The van der Waals surface area contributed by atoms with Crippen molar-refractivity contribution < 1.29 is 14.7 Å². The molecule has 0 aliphatic carbocycles. The molecule has 0 aliphatic rings. The lowest BCUT2D eigenvalue weighted by Crippen LogP contribution is -2.34. The van der Waals surface area contributed by atoms with Gasteiger partial charge in [0, 0.05) is 31.8 Å². The summed E-state index contributed by atoms with van der Waals surface area (Å²) in [6.45, 7) is 5.23. The van der Waals surface area contributed by atoms with Gasteiger partial charge in [-0.15, -0.1) is 0 Å². The minimum absolute atomic E-state index is 0.154. The first-order chi connectivity index (χ1) is 7.84. The van der Waals surface area contributed by atoms with Gasteiger partial charge in [-0.3, -0.25) is 9.48 Å². The van der Waals surface area contributed by atoms with Crippen LogP contribution in [-0.4, -0.2) is 38.7 Å². The molecule has 0 aliphatic heterocycles. The summed E-state index contributed by atoms with van der Waals surface area (Å²) in [7, 11) is 1.47. The zero-order chi connectivity index (χ0) is 13.2. The standard InChI is InChI=1S/C11H17N3O3/c1-7(2)14-6-9(5-12-14)10(11(16)17)13(4)8(3)15/h5-7,10H,1-4H3,(H,16,17). The molecule has 0 aromatic carbocycles. The Kier molecular flexibility index (Phi) is 3.88. The summed E-state index contributed by atoms with van der Waals surface area (Å²) in [6.07, 6.45) is 3.14. The van der Waals surface area contributed by atoms with Gasteiger partial charge in [0.1, 0.15) is 0 Å². The highest BCUT2D eigenvalue weighted by atomic mass is 16.4. The molecule has 0 bridgehead atoms. The highest BCUT2D eigenvalue weighted by Crippen LogP contribution is 2.20. The van der Waals surface area contributed by atoms with Gasteiger partial charge in [-0.1, -0.05) is 0 Å². The number of nitrogens with zero attached hydrogens (tertiary/aromatic N) is 3. The topological polar surface area (TPSA) is 75.4 Å². The fraction of sp³-hybridized carbons (Fsp3) is 0.545. The van der Waals surface area contributed by atoms with Crippen molar-refractivity contribution >= 4 is 11.9 Å². The number of likely N-dealkylation sites (N-methyl/N-ethyl adjacent to an activating group) is 1. The van der Waals surface area contributed by atoms with Crippen LogP contribution in [0.4, 0.5) is 0 Å². The molecule has 6 nitrogen and oxygen atoms in total. The van der Waals surface area contributed by atoms with Crippen molar-refractivity contribution in [2.45, 2.75) is 32.9 Å². The van der Waals surface area contributed by atoms with Crippen molar-refractivity contribution in [1.82, 2.24) is 14.7 Å². The SMILES string of the molecule is CC(=O)N(C)C(C(=O)O)c1cnn(C(C)C)c1. The van der Waals surface area contributed by atoms with Crippen LogP contribution in [0.3, 0.4) is 0 Å². The van der Waals surface area contributed by atoms with E-state index in [1.165, 1.54) is 25.1 Å². The molecule has 1 rings (SSSR count). The molecule has 1 unspecified atom stereocenters. The molecule has 1 aromatic heterocycles. The molecule has 1 atom stereocenters. The lowest BCUT2D eigenvalue weighted by Gasteiger charge is -2.22. The molecule has 0 saturated heterocycles. The molecule has 0 fully saturated rings. The normalized spacial score (nSPS) is 12.5. The van der Waals surface area contributed by atoms with E-state index in [0.29, 0.717) is 5.56 Å². The lowest BCUT2D eigenvalue weighted by atomic mass is 10.1. The molecule has 1 N–H and O–H groups in total. The predicted molar refractivity (Wildman–Crippen MR) is 61.4 cm³/mol. The number of carbonyl (C=O) groups is 2. The van der Waals surface area contributed by atoms with Gasteiger partial charge < -0.3 is 10.0 Å². The van der Waals surface area contributed by atoms with Crippen molar-refractivity contribution in [3.8, 4) is 0 Å². The molecule has 17 heavy (non-hydrogen) atoms. The monoisotopic (exact) mass is 239 g/mol. The molecular formula is C11H17N3O3. The van der Waals surface area contributed by atoms with Gasteiger partial charge in [-0.05, 0) is 13.8 Å². The number of aliphatic carboxylic acids is 1. The van der Waals surface area contributed by atoms with Gasteiger partial charge in [0.15, 0.2) is 6.04 Å². The van der Waals surface area contributed by atoms with Crippen LogP contribution < -0.4 is 0 Å². The largest absolute Gasteiger partial charge is 0.479 e. The quantitative estimate of drug-likeness (QED) is 0.852. The fourth-order valence-corrected chi connectivity index (χ4v) is 1.49. The number of carboxylic acid groups (broad SMARTS) is 1. The third kappa shape index (κ3) is 2.83. The average molecular weight is 239 g/mol. The van der Waals surface area contributed by atoms with Gasteiger partial charge in [-0.25, -0.2) is 4.79 Å². The van der Waals surface area contributed by atoms with Crippen molar-refractivity contribution in [2.24, 2.45) is 0 Å². The molecule has 1 aromatic rings. The minimum atomic E-state index is -1.06. The predicted octanol–water partition coefficient (Wildman–Crippen LogP) is 1.07.